The van der Waals surface area contributed by atoms with Crippen LogP contribution in [0.1, 0.15) is 35.7 Å². The van der Waals surface area contributed by atoms with Crippen LogP contribution in [0.4, 0.5) is 0 Å². The van der Waals surface area contributed by atoms with E-state index in [1.54, 1.807) is 30.0 Å². The molecule has 0 fully saturated rings. The van der Waals surface area contributed by atoms with Gasteiger partial charge in [-0.15, -0.1) is 11.8 Å². The van der Waals surface area contributed by atoms with E-state index in [1.165, 1.54) is 0 Å². The third kappa shape index (κ3) is 6.98. The molecular weight excluding hydrogens is 332 g/mol. The third-order valence-corrected chi connectivity index (χ3v) is 4.42. The molecule has 0 heterocycles. The molecule has 0 atom stereocenters. The summed E-state index contributed by atoms with van der Waals surface area (Å²) in [6.07, 6.45) is 4.66. The summed E-state index contributed by atoms with van der Waals surface area (Å²) in [5.41, 5.74) is 1.65. The molecule has 0 radical (unpaired) electrons. The summed E-state index contributed by atoms with van der Waals surface area (Å²) in [5.74, 6) is 0.544. The number of rotatable bonds is 9. The van der Waals surface area contributed by atoms with E-state index in [-0.39, 0.29) is 11.8 Å². The van der Waals surface area contributed by atoms with E-state index in [0.29, 0.717) is 24.3 Å². The quantitative estimate of drug-likeness (QED) is 0.274. The van der Waals surface area contributed by atoms with Crippen molar-refractivity contribution in [3.05, 3.63) is 71.8 Å². The minimum atomic E-state index is -0.145. The topological polar surface area (TPSA) is 43.4 Å². The van der Waals surface area contributed by atoms with Crippen LogP contribution >= 0.6 is 11.8 Å². The van der Waals surface area contributed by atoms with Gasteiger partial charge in [-0.05, 0) is 30.2 Å². The number of thioether (sulfide) groups is 1. The van der Waals surface area contributed by atoms with Crippen molar-refractivity contribution in [2.75, 3.05) is 12.4 Å². The summed E-state index contributed by atoms with van der Waals surface area (Å²) in [5, 5.41) is 0. The molecule has 4 heteroatoms. The maximum absolute atomic E-state index is 12.0. The molecule has 0 aliphatic carbocycles. The number of esters is 1. The van der Waals surface area contributed by atoms with Gasteiger partial charge in [0.05, 0.1) is 13.0 Å². The van der Waals surface area contributed by atoms with Crippen LogP contribution in [-0.4, -0.2) is 24.1 Å². The molecule has 0 N–H and O–H groups in total. The number of hydrogen-bond donors (Lipinski definition) is 0. The molecule has 25 heavy (non-hydrogen) atoms. The van der Waals surface area contributed by atoms with Gasteiger partial charge in [0.15, 0.2) is 5.78 Å². The Bertz CT molecular complexity index is 706. The Labute approximate surface area is 153 Å². The minimum absolute atomic E-state index is 0.00959. The summed E-state index contributed by atoms with van der Waals surface area (Å²) in [6.45, 7) is 2.47. The van der Waals surface area contributed by atoms with Crippen molar-refractivity contribution in [3.63, 3.8) is 0 Å². The average Bonchev–Trinajstić information content (AvgIpc) is 2.66. The molecule has 3 nitrogen and oxygen atoms in total. The lowest BCUT2D eigenvalue weighted by Gasteiger charge is -2.03. The van der Waals surface area contributed by atoms with E-state index >= 15 is 0 Å². The molecule has 130 valence electrons. The van der Waals surface area contributed by atoms with E-state index in [0.717, 1.165) is 16.9 Å². The molecule has 2 rings (SSSR count). The second kappa shape index (κ2) is 10.5. The molecule has 0 unspecified atom stereocenters. The second-order valence-corrected chi connectivity index (χ2v) is 6.62. The monoisotopic (exact) mass is 354 g/mol. The van der Waals surface area contributed by atoms with E-state index in [1.807, 2.05) is 55.5 Å². The van der Waals surface area contributed by atoms with E-state index in [4.69, 9.17) is 4.74 Å². The van der Waals surface area contributed by atoms with Gasteiger partial charge in [-0.1, -0.05) is 55.5 Å². The molecule has 0 saturated heterocycles. The minimum Gasteiger partial charge on any atom is -0.466 e. The zero-order chi connectivity index (χ0) is 17.9. The van der Waals surface area contributed by atoms with Gasteiger partial charge in [0.1, 0.15) is 0 Å². The lowest BCUT2D eigenvalue weighted by Crippen LogP contribution is -2.05. The second-order valence-electron chi connectivity index (χ2n) is 5.45. The number of allylic oxidation sites excluding steroid dienone is 1. The first-order valence-corrected chi connectivity index (χ1v) is 9.33. The number of carbonyl (C=O) groups is 2. The normalized spacial score (nSPS) is 10.8. The lowest BCUT2D eigenvalue weighted by molar-refractivity contribution is -0.143. The van der Waals surface area contributed by atoms with Gasteiger partial charge in [-0.2, -0.15) is 0 Å². The van der Waals surface area contributed by atoms with Crippen molar-refractivity contribution in [1.82, 2.24) is 0 Å². The summed E-state index contributed by atoms with van der Waals surface area (Å²) in [4.78, 5) is 24.6. The van der Waals surface area contributed by atoms with Crippen LogP contribution in [0, 0.1) is 0 Å². The van der Waals surface area contributed by atoms with Crippen LogP contribution in [0.15, 0.2) is 65.6 Å². The highest BCUT2D eigenvalue weighted by molar-refractivity contribution is 7.99. The molecule has 0 bridgehead atoms. The van der Waals surface area contributed by atoms with E-state index in [9.17, 15) is 9.59 Å². The summed E-state index contributed by atoms with van der Waals surface area (Å²) in [6, 6.07) is 17.1. The average molecular weight is 354 g/mol. The molecule has 0 aliphatic heterocycles. The number of carbonyl (C=O) groups excluding carboxylic acids is 2. The van der Waals surface area contributed by atoms with Crippen molar-refractivity contribution in [1.29, 1.82) is 0 Å². The first-order valence-electron chi connectivity index (χ1n) is 8.35. The van der Waals surface area contributed by atoms with Gasteiger partial charge in [0.25, 0.3) is 0 Å². The van der Waals surface area contributed by atoms with Crippen molar-refractivity contribution < 1.29 is 14.3 Å². The molecule has 2 aromatic carbocycles. The summed E-state index contributed by atoms with van der Waals surface area (Å²) >= 11 is 1.62. The summed E-state index contributed by atoms with van der Waals surface area (Å²) in [7, 11) is 0. The summed E-state index contributed by atoms with van der Waals surface area (Å²) < 4.78 is 5.05. The predicted molar refractivity (Wildman–Crippen MR) is 103 cm³/mol. The number of benzene rings is 2. The van der Waals surface area contributed by atoms with Crippen molar-refractivity contribution in [2.24, 2.45) is 0 Å². The maximum atomic E-state index is 12.0. The third-order valence-electron chi connectivity index (χ3n) is 3.41. The van der Waals surface area contributed by atoms with E-state index < -0.39 is 0 Å². The fourth-order valence-electron chi connectivity index (χ4n) is 2.09. The van der Waals surface area contributed by atoms with Gasteiger partial charge in [-0.3, -0.25) is 9.59 Å². The van der Waals surface area contributed by atoms with Gasteiger partial charge < -0.3 is 4.74 Å². The smallest absolute Gasteiger partial charge is 0.306 e. The Balaban J connectivity index is 1.80. The van der Waals surface area contributed by atoms with Crippen molar-refractivity contribution in [2.45, 2.75) is 24.7 Å². The van der Waals surface area contributed by atoms with Crippen LogP contribution in [0.25, 0.3) is 6.08 Å². The van der Waals surface area contributed by atoms with Crippen LogP contribution in [0.3, 0.4) is 0 Å². The highest BCUT2D eigenvalue weighted by atomic mass is 32.2. The first kappa shape index (κ1) is 19.0. The molecule has 2 aromatic rings. The van der Waals surface area contributed by atoms with Crippen LogP contribution in [0.5, 0.6) is 0 Å². The lowest BCUT2D eigenvalue weighted by atomic mass is 10.1. The maximum Gasteiger partial charge on any atom is 0.306 e. The molecule has 0 saturated carbocycles. The first-order chi connectivity index (χ1) is 12.2. The van der Waals surface area contributed by atoms with Crippen molar-refractivity contribution >= 4 is 29.6 Å². The zero-order valence-corrected chi connectivity index (χ0v) is 15.1. The molecule has 0 aliphatic rings. The largest absolute Gasteiger partial charge is 0.466 e. The predicted octanol–water partition coefficient (Wildman–Crippen LogP) is 5.02. The molecule has 0 aromatic heterocycles. The fraction of sp³-hybridized carbons (Fsp3) is 0.238. The molecular formula is C21H22O3S. The molecule has 0 spiro atoms. The van der Waals surface area contributed by atoms with Crippen LogP contribution < -0.4 is 0 Å². The SMILES string of the molecule is CCCOC(=O)CCSc1ccc(/C=C/C(=O)c2ccccc2)cc1. The Morgan fingerprint density at radius 2 is 1.76 bits per heavy atom. The number of ether oxygens (including phenoxy) is 1. The zero-order valence-electron chi connectivity index (χ0n) is 14.3. The van der Waals surface area contributed by atoms with E-state index in [2.05, 4.69) is 0 Å². The Kier molecular flexibility index (Phi) is 7.99. The standard InChI is InChI=1S/C21H22O3S/c1-2-15-24-21(23)14-16-25-19-11-8-17(9-12-19)10-13-20(22)18-6-4-3-5-7-18/h3-13H,2,14-16H2,1H3/b13-10+. The van der Waals surface area contributed by atoms with Crippen molar-refractivity contribution in [3.8, 4) is 0 Å². The Morgan fingerprint density at radius 3 is 2.44 bits per heavy atom. The number of ketones is 1. The fourth-order valence-corrected chi connectivity index (χ4v) is 2.92. The Morgan fingerprint density at radius 1 is 1.04 bits per heavy atom. The molecule has 0 amide bonds. The number of hydrogen-bond acceptors (Lipinski definition) is 4. The Hall–Kier alpha value is -2.33. The van der Waals surface area contributed by atoms with Gasteiger partial charge >= 0.3 is 5.97 Å². The van der Waals surface area contributed by atoms with Gasteiger partial charge in [-0.25, -0.2) is 0 Å². The van der Waals surface area contributed by atoms with Crippen LogP contribution in [-0.2, 0) is 9.53 Å². The highest BCUT2D eigenvalue weighted by Crippen LogP contribution is 2.20. The van der Waals surface area contributed by atoms with Crippen LogP contribution in [0.2, 0.25) is 0 Å². The van der Waals surface area contributed by atoms with Gasteiger partial charge in [0, 0.05) is 16.2 Å². The highest BCUT2D eigenvalue weighted by Gasteiger charge is 2.03. The van der Waals surface area contributed by atoms with Gasteiger partial charge in [0.2, 0.25) is 0 Å².